The summed E-state index contributed by atoms with van der Waals surface area (Å²) in [6.07, 6.45) is 3.15. The molecule has 1 aromatic rings. The van der Waals surface area contributed by atoms with Gasteiger partial charge in [0.1, 0.15) is 0 Å². The average Bonchev–Trinajstić information content (AvgIpc) is 2.03. The Hall–Kier alpha value is -1.22. The molecule has 0 fully saturated rings. The maximum Gasteiger partial charge on any atom is 0.183 e. The molecule has 3 nitrogen and oxygen atoms in total. The number of hydrogen-bond donors (Lipinski definition) is 1. The zero-order valence-electron chi connectivity index (χ0n) is 7.24. The van der Waals surface area contributed by atoms with Gasteiger partial charge < -0.3 is 5.73 Å². The lowest BCUT2D eigenvalue weighted by atomic mass is 9.96. The molecule has 1 heterocycles. The lowest BCUT2D eigenvalue weighted by Gasteiger charge is -2.15. The van der Waals surface area contributed by atoms with Gasteiger partial charge in [0, 0.05) is 18.0 Å². The summed E-state index contributed by atoms with van der Waals surface area (Å²) in [6, 6.07) is 3.43. The summed E-state index contributed by atoms with van der Waals surface area (Å²) in [6.45, 7) is 3.37. The molecule has 0 radical (unpaired) electrons. The van der Waals surface area contributed by atoms with Gasteiger partial charge in [-0.15, -0.1) is 0 Å². The van der Waals surface area contributed by atoms with E-state index in [2.05, 4.69) is 4.98 Å². The van der Waals surface area contributed by atoms with Crippen molar-refractivity contribution in [2.45, 2.75) is 19.4 Å². The number of carbonyl (C=O) groups excluding carboxylic acids is 1. The van der Waals surface area contributed by atoms with Crippen LogP contribution in [0, 0.1) is 0 Å². The molecule has 1 aromatic heterocycles. The number of rotatable bonds is 2. The smallest absolute Gasteiger partial charge is 0.183 e. The predicted octanol–water partition coefficient (Wildman–Crippen LogP) is 1.00. The number of hydrogen-bond acceptors (Lipinski definition) is 3. The van der Waals surface area contributed by atoms with Gasteiger partial charge >= 0.3 is 0 Å². The Bertz CT molecular complexity index is 274. The molecule has 0 spiro atoms. The van der Waals surface area contributed by atoms with Crippen LogP contribution in [0.5, 0.6) is 0 Å². The molecular formula is C9H12N2O. The second-order valence-corrected chi connectivity index (χ2v) is 3.29. The molecule has 0 aliphatic heterocycles. The van der Waals surface area contributed by atoms with Gasteiger partial charge in [0.05, 0.1) is 5.54 Å². The van der Waals surface area contributed by atoms with E-state index in [1.807, 2.05) is 0 Å². The van der Waals surface area contributed by atoms with Crippen LogP contribution in [0.1, 0.15) is 24.2 Å². The van der Waals surface area contributed by atoms with Gasteiger partial charge in [-0.1, -0.05) is 0 Å². The van der Waals surface area contributed by atoms with E-state index in [0.717, 1.165) is 0 Å². The SMILES string of the molecule is CC(C)(N)C(=O)c1cccnc1. The minimum Gasteiger partial charge on any atom is -0.319 e. The minimum absolute atomic E-state index is 0.0874. The van der Waals surface area contributed by atoms with Crippen LogP contribution >= 0.6 is 0 Å². The summed E-state index contributed by atoms with van der Waals surface area (Å²) in [5.41, 5.74) is 5.38. The Morgan fingerprint density at radius 2 is 2.25 bits per heavy atom. The maximum atomic E-state index is 11.5. The summed E-state index contributed by atoms with van der Waals surface area (Å²) in [7, 11) is 0. The van der Waals surface area contributed by atoms with Crippen molar-refractivity contribution in [2.24, 2.45) is 5.73 Å². The van der Waals surface area contributed by atoms with Crippen molar-refractivity contribution in [3.8, 4) is 0 Å². The van der Waals surface area contributed by atoms with E-state index < -0.39 is 5.54 Å². The highest BCUT2D eigenvalue weighted by Gasteiger charge is 2.22. The van der Waals surface area contributed by atoms with Crippen LogP contribution in [-0.4, -0.2) is 16.3 Å². The molecule has 0 aliphatic carbocycles. The summed E-state index contributed by atoms with van der Waals surface area (Å²) in [5, 5.41) is 0. The topological polar surface area (TPSA) is 56.0 Å². The third-order valence-corrected chi connectivity index (χ3v) is 1.51. The Labute approximate surface area is 71.6 Å². The van der Waals surface area contributed by atoms with E-state index in [1.54, 1.807) is 32.2 Å². The quantitative estimate of drug-likeness (QED) is 0.663. The Balaban J connectivity index is 2.94. The molecule has 2 N–H and O–H groups in total. The number of pyridine rings is 1. The first-order valence-corrected chi connectivity index (χ1v) is 3.75. The molecule has 3 heteroatoms. The van der Waals surface area contributed by atoms with E-state index in [-0.39, 0.29) is 5.78 Å². The second-order valence-electron chi connectivity index (χ2n) is 3.29. The molecule has 64 valence electrons. The number of ketones is 1. The van der Waals surface area contributed by atoms with E-state index in [4.69, 9.17) is 5.73 Å². The van der Waals surface area contributed by atoms with Crippen molar-refractivity contribution in [1.82, 2.24) is 4.98 Å². The van der Waals surface area contributed by atoms with E-state index in [9.17, 15) is 4.79 Å². The fraction of sp³-hybridized carbons (Fsp3) is 0.333. The first kappa shape index (κ1) is 8.87. The van der Waals surface area contributed by atoms with Gasteiger partial charge in [0.15, 0.2) is 5.78 Å². The van der Waals surface area contributed by atoms with E-state index in [1.165, 1.54) is 6.20 Å². The van der Waals surface area contributed by atoms with Gasteiger partial charge in [0.2, 0.25) is 0 Å². The van der Waals surface area contributed by atoms with Gasteiger partial charge in [-0.3, -0.25) is 9.78 Å². The number of Topliss-reactive ketones (excluding diaryl/α,β-unsaturated/α-hetero) is 1. The van der Waals surface area contributed by atoms with Gasteiger partial charge in [-0.25, -0.2) is 0 Å². The van der Waals surface area contributed by atoms with Crippen molar-refractivity contribution in [3.05, 3.63) is 30.1 Å². The van der Waals surface area contributed by atoms with E-state index in [0.29, 0.717) is 5.56 Å². The molecule has 0 bridgehead atoms. The average molecular weight is 164 g/mol. The first-order valence-electron chi connectivity index (χ1n) is 3.75. The van der Waals surface area contributed by atoms with Crippen molar-refractivity contribution in [1.29, 1.82) is 0 Å². The summed E-state index contributed by atoms with van der Waals surface area (Å²) in [4.78, 5) is 15.3. The lowest BCUT2D eigenvalue weighted by molar-refractivity contribution is 0.0913. The number of carbonyl (C=O) groups is 1. The Morgan fingerprint density at radius 1 is 1.58 bits per heavy atom. The molecule has 0 amide bonds. The van der Waals surface area contributed by atoms with Gasteiger partial charge in [-0.05, 0) is 26.0 Å². The van der Waals surface area contributed by atoms with Crippen LogP contribution in [0.25, 0.3) is 0 Å². The van der Waals surface area contributed by atoms with Crippen LogP contribution < -0.4 is 5.73 Å². The Morgan fingerprint density at radius 3 is 2.67 bits per heavy atom. The standard InChI is InChI=1S/C9H12N2O/c1-9(2,10)8(12)7-4-3-5-11-6-7/h3-6H,10H2,1-2H3. The molecule has 0 saturated carbocycles. The van der Waals surface area contributed by atoms with Crippen LogP contribution in [0.4, 0.5) is 0 Å². The third kappa shape index (κ3) is 1.89. The highest BCUT2D eigenvalue weighted by atomic mass is 16.1. The molecule has 0 saturated heterocycles. The van der Waals surface area contributed by atoms with Crippen LogP contribution in [0.3, 0.4) is 0 Å². The fourth-order valence-electron chi connectivity index (χ4n) is 0.869. The monoisotopic (exact) mass is 164 g/mol. The minimum atomic E-state index is -0.816. The fourth-order valence-corrected chi connectivity index (χ4v) is 0.869. The number of nitrogens with zero attached hydrogens (tertiary/aromatic N) is 1. The highest BCUT2D eigenvalue weighted by molar-refractivity contribution is 6.02. The zero-order chi connectivity index (χ0) is 9.19. The van der Waals surface area contributed by atoms with Crippen LogP contribution in [-0.2, 0) is 0 Å². The Kier molecular flexibility index (Phi) is 2.24. The molecule has 0 aromatic carbocycles. The molecule has 0 unspecified atom stereocenters. The van der Waals surface area contributed by atoms with Gasteiger partial charge in [-0.2, -0.15) is 0 Å². The highest BCUT2D eigenvalue weighted by Crippen LogP contribution is 2.07. The summed E-state index contributed by atoms with van der Waals surface area (Å²) in [5.74, 6) is -0.0874. The van der Waals surface area contributed by atoms with Crippen molar-refractivity contribution >= 4 is 5.78 Å². The predicted molar refractivity (Wildman–Crippen MR) is 46.8 cm³/mol. The second kappa shape index (κ2) is 3.03. The lowest BCUT2D eigenvalue weighted by Crippen LogP contribution is -2.41. The maximum absolute atomic E-state index is 11.5. The summed E-state index contributed by atoms with van der Waals surface area (Å²) >= 11 is 0. The van der Waals surface area contributed by atoms with Crippen LogP contribution in [0.15, 0.2) is 24.5 Å². The number of nitrogens with two attached hydrogens (primary N) is 1. The normalized spacial score (nSPS) is 11.2. The first-order chi connectivity index (χ1) is 5.52. The van der Waals surface area contributed by atoms with Crippen molar-refractivity contribution in [3.63, 3.8) is 0 Å². The molecule has 0 atom stereocenters. The van der Waals surface area contributed by atoms with Gasteiger partial charge in [0.25, 0.3) is 0 Å². The molecule has 0 aliphatic rings. The largest absolute Gasteiger partial charge is 0.319 e. The van der Waals surface area contributed by atoms with Crippen LogP contribution in [0.2, 0.25) is 0 Å². The molecule has 12 heavy (non-hydrogen) atoms. The summed E-state index contributed by atoms with van der Waals surface area (Å²) < 4.78 is 0. The zero-order valence-corrected chi connectivity index (χ0v) is 7.24. The third-order valence-electron chi connectivity index (χ3n) is 1.51. The van der Waals surface area contributed by atoms with E-state index >= 15 is 0 Å². The molecular weight excluding hydrogens is 152 g/mol. The van der Waals surface area contributed by atoms with Crippen molar-refractivity contribution in [2.75, 3.05) is 0 Å². The molecule has 1 rings (SSSR count). The number of aromatic nitrogens is 1. The van der Waals surface area contributed by atoms with Crippen molar-refractivity contribution < 1.29 is 4.79 Å².